The lowest BCUT2D eigenvalue weighted by Crippen LogP contribution is -2.28. The van der Waals surface area contributed by atoms with Crippen molar-refractivity contribution in [3.8, 4) is 11.3 Å². The average molecular weight is 643 g/mol. The lowest BCUT2D eigenvalue weighted by Gasteiger charge is -2.22. The zero-order valence-corrected chi connectivity index (χ0v) is 26.5. The summed E-state index contributed by atoms with van der Waals surface area (Å²) >= 11 is 0. The molecule has 5 aromatic rings. The maximum absolute atomic E-state index is 15.4. The van der Waals surface area contributed by atoms with E-state index in [0.717, 1.165) is 22.1 Å². The number of rotatable bonds is 10. The van der Waals surface area contributed by atoms with Gasteiger partial charge in [0, 0.05) is 23.1 Å². The van der Waals surface area contributed by atoms with Gasteiger partial charge >= 0.3 is 0 Å². The number of hydrogen-bond acceptors (Lipinski definition) is 5. The van der Waals surface area contributed by atoms with Crippen LogP contribution in [0, 0.1) is 5.82 Å². The minimum absolute atomic E-state index is 0.0399. The number of fused-ring (bicyclic) bond motifs is 1. The number of nitrogens with one attached hydrogen (secondary N) is 2. The summed E-state index contributed by atoms with van der Waals surface area (Å²) in [5, 5.41) is 6.12. The molecular weight excluding hydrogens is 607 g/mol. The first-order valence-electron chi connectivity index (χ1n) is 14.8. The van der Waals surface area contributed by atoms with E-state index in [9.17, 15) is 18.0 Å². The number of halogens is 1. The Hall–Kier alpha value is -4.80. The Bertz CT molecular complexity index is 1950. The van der Waals surface area contributed by atoms with Gasteiger partial charge in [-0.15, -0.1) is 0 Å². The highest BCUT2D eigenvalue weighted by molar-refractivity contribution is 7.85. The van der Waals surface area contributed by atoms with Crippen LogP contribution in [0.5, 0.6) is 0 Å². The number of hydrogen-bond donors (Lipinski definition) is 3. The average Bonchev–Trinajstić information content (AvgIpc) is 3.45. The molecule has 3 N–H and O–H groups in total. The van der Waals surface area contributed by atoms with Crippen LogP contribution >= 0.6 is 0 Å². The lowest BCUT2D eigenvalue weighted by molar-refractivity contribution is -0.117. The molecule has 0 aliphatic heterocycles. The van der Waals surface area contributed by atoms with Gasteiger partial charge in [-0.05, 0) is 71.0 Å². The SMILES string of the molecule is CC(C)(C)c1ccc(C(Cc2ccc(C(=O)NCCS(=O)(=O)O)cc2)C(=O)Nc2ccc(-c3cc4ccccc4o3)cc2F)cc1. The second kappa shape index (κ2) is 13.3. The van der Waals surface area contributed by atoms with Crippen LogP contribution in [0.3, 0.4) is 0 Å². The van der Waals surface area contributed by atoms with E-state index in [4.69, 9.17) is 8.97 Å². The molecule has 4 aromatic carbocycles. The van der Waals surface area contributed by atoms with Crippen LogP contribution < -0.4 is 10.6 Å². The molecule has 1 unspecified atom stereocenters. The van der Waals surface area contributed by atoms with Crippen molar-refractivity contribution in [2.24, 2.45) is 0 Å². The van der Waals surface area contributed by atoms with Gasteiger partial charge in [0.05, 0.1) is 17.4 Å². The second-order valence-electron chi connectivity index (χ2n) is 12.2. The number of anilines is 1. The molecule has 238 valence electrons. The molecule has 5 rings (SSSR count). The molecule has 2 amide bonds. The smallest absolute Gasteiger partial charge is 0.266 e. The summed E-state index contributed by atoms with van der Waals surface area (Å²) in [6.45, 7) is 6.07. The van der Waals surface area contributed by atoms with Crippen molar-refractivity contribution in [1.82, 2.24) is 5.32 Å². The number of furan rings is 1. The fourth-order valence-electron chi connectivity index (χ4n) is 5.11. The quantitative estimate of drug-likeness (QED) is 0.139. The summed E-state index contributed by atoms with van der Waals surface area (Å²) in [6.07, 6.45) is 0.268. The van der Waals surface area contributed by atoms with E-state index >= 15 is 4.39 Å². The molecule has 0 saturated carbocycles. The van der Waals surface area contributed by atoms with E-state index in [2.05, 4.69) is 31.4 Å². The lowest BCUT2D eigenvalue weighted by atomic mass is 9.84. The van der Waals surface area contributed by atoms with Crippen molar-refractivity contribution in [3.05, 3.63) is 125 Å². The van der Waals surface area contributed by atoms with Gasteiger partial charge in [-0.1, -0.05) is 75.4 Å². The van der Waals surface area contributed by atoms with E-state index < -0.39 is 39.4 Å². The Morgan fingerprint density at radius 2 is 1.61 bits per heavy atom. The number of benzene rings is 4. The molecule has 0 bridgehead atoms. The van der Waals surface area contributed by atoms with Gasteiger partial charge in [-0.25, -0.2) is 4.39 Å². The van der Waals surface area contributed by atoms with Crippen LogP contribution in [-0.4, -0.2) is 37.1 Å². The summed E-state index contributed by atoms with van der Waals surface area (Å²) in [7, 11) is -4.19. The third-order valence-corrected chi connectivity index (χ3v) is 8.45. The fraction of sp³-hybridized carbons (Fsp3) is 0.222. The molecule has 1 aromatic heterocycles. The van der Waals surface area contributed by atoms with E-state index in [0.29, 0.717) is 22.5 Å². The first-order valence-corrected chi connectivity index (χ1v) is 16.4. The van der Waals surface area contributed by atoms with Crippen molar-refractivity contribution in [2.75, 3.05) is 17.6 Å². The molecule has 0 aliphatic rings. The van der Waals surface area contributed by atoms with Crippen LogP contribution in [0.15, 0.2) is 101 Å². The van der Waals surface area contributed by atoms with Gasteiger partial charge < -0.3 is 15.1 Å². The maximum Gasteiger partial charge on any atom is 0.266 e. The minimum atomic E-state index is -4.19. The summed E-state index contributed by atoms with van der Waals surface area (Å²) in [4.78, 5) is 26.2. The van der Waals surface area contributed by atoms with Crippen molar-refractivity contribution < 1.29 is 31.4 Å². The molecule has 1 atom stereocenters. The van der Waals surface area contributed by atoms with Gasteiger partial charge in [0.15, 0.2) is 0 Å². The summed E-state index contributed by atoms with van der Waals surface area (Å²) in [5.41, 5.74) is 4.10. The van der Waals surface area contributed by atoms with Gasteiger partial charge in [0.2, 0.25) is 5.91 Å². The van der Waals surface area contributed by atoms with Crippen molar-refractivity contribution in [1.29, 1.82) is 0 Å². The van der Waals surface area contributed by atoms with Gasteiger partial charge in [-0.3, -0.25) is 14.1 Å². The maximum atomic E-state index is 15.4. The second-order valence-corrected chi connectivity index (χ2v) is 13.8. The van der Waals surface area contributed by atoms with Crippen molar-refractivity contribution in [2.45, 2.75) is 38.5 Å². The zero-order valence-electron chi connectivity index (χ0n) is 25.7. The molecular formula is C36H35FN2O6S. The number of carbonyl (C=O) groups is 2. The number of amides is 2. The van der Waals surface area contributed by atoms with E-state index in [1.54, 1.807) is 30.3 Å². The van der Waals surface area contributed by atoms with Crippen LogP contribution in [-0.2, 0) is 26.7 Å². The summed E-state index contributed by atoms with van der Waals surface area (Å²) < 4.78 is 51.9. The monoisotopic (exact) mass is 642 g/mol. The molecule has 0 saturated heterocycles. The fourth-order valence-corrected chi connectivity index (χ4v) is 5.47. The van der Waals surface area contributed by atoms with Gasteiger partial charge in [0.25, 0.3) is 16.0 Å². The topological polar surface area (TPSA) is 126 Å². The molecule has 8 nitrogen and oxygen atoms in total. The molecule has 0 spiro atoms. The van der Waals surface area contributed by atoms with Crippen molar-refractivity contribution >= 4 is 38.6 Å². The third-order valence-electron chi connectivity index (χ3n) is 7.73. The van der Waals surface area contributed by atoms with Crippen LogP contribution in [0.1, 0.15) is 53.7 Å². The standard InChI is InChI=1S/C36H35FN2O6S/c1-36(2,3)28-15-12-24(13-16-28)29(20-23-8-10-25(11-9-23)34(40)38-18-19-46(42,43)44)35(41)39-31-17-14-27(21-30(31)37)33-22-26-6-4-5-7-32(26)45-33/h4-17,21-22,29H,18-20H2,1-3H3,(H,38,40)(H,39,41)(H,42,43,44). The van der Waals surface area contributed by atoms with E-state index in [1.165, 1.54) is 12.1 Å². The van der Waals surface area contributed by atoms with Crippen LogP contribution in [0.4, 0.5) is 10.1 Å². The first kappa shape index (κ1) is 32.6. The predicted octanol–water partition coefficient (Wildman–Crippen LogP) is 7.12. The van der Waals surface area contributed by atoms with Crippen molar-refractivity contribution in [3.63, 3.8) is 0 Å². The predicted molar refractivity (Wildman–Crippen MR) is 177 cm³/mol. The molecule has 1 heterocycles. The summed E-state index contributed by atoms with van der Waals surface area (Å²) in [6, 6.07) is 28.3. The molecule has 0 fully saturated rings. The van der Waals surface area contributed by atoms with Crippen LogP contribution in [0.2, 0.25) is 0 Å². The van der Waals surface area contributed by atoms with Gasteiger partial charge in [0.1, 0.15) is 17.2 Å². The largest absolute Gasteiger partial charge is 0.456 e. The van der Waals surface area contributed by atoms with E-state index in [1.807, 2.05) is 54.6 Å². The highest BCUT2D eigenvalue weighted by Crippen LogP contribution is 2.31. The Kier molecular flexibility index (Phi) is 9.41. The Labute approximate surface area is 267 Å². The highest BCUT2D eigenvalue weighted by Gasteiger charge is 2.24. The van der Waals surface area contributed by atoms with Crippen LogP contribution in [0.25, 0.3) is 22.3 Å². The Balaban J connectivity index is 1.36. The molecule has 46 heavy (non-hydrogen) atoms. The third kappa shape index (κ3) is 8.07. The summed E-state index contributed by atoms with van der Waals surface area (Å²) in [5.74, 6) is -2.25. The van der Waals surface area contributed by atoms with Gasteiger partial charge in [-0.2, -0.15) is 8.42 Å². The Morgan fingerprint density at radius 3 is 2.24 bits per heavy atom. The molecule has 0 aliphatic carbocycles. The van der Waals surface area contributed by atoms with E-state index in [-0.39, 0.29) is 24.1 Å². The number of carbonyl (C=O) groups excluding carboxylic acids is 2. The zero-order chi connectivity index (χ0) is 33.1. The Morgan fingerprint density at radius 1 is 0.913 bits per heavy atom. The number of para-hydroxylation sites is 1. The normalized spacial score (nSPS) is 12.5. The molecule has 0 radical (unpaired) electrons. The minimum Gasteiger partial charge on any atom is -0.456 e. The highest BCUT2D eigenvalue weighted by atomic mass is 32.2. The first-order chi connectivity index (χ1) is 21.8. The molecule has 10 heteroatoms.